The van der Waals surface area contributed by atoms with Crippen LogP contribution in [-0.4, -0.2) is 20.9 Å². The van der Waals surface area contributed by atoms with Crippen molar-refractivity contribution in [3.63, 3.8) is 0 Å². The van der Waals surface area contributed by atoms with Gasteiger partial charge in [-0.2, -0.15) is 4.80 Å². The predicted molar refractivity (Wildman–Crippen MR) is 111 cm³/mol. The third-order valence-electron chi connectivity index (χ3n) is 4.08. The fraction of sp³-hybridized carbons (Fsp3) is 0.0500. The first-order valence-electron chi connectivity index (χ1n) is 8.11. The minimum atomic E-state index is -0.132. The fourth-order valence-electron chi connectivity index (χ4n) is 2.71. The maximum Gasteiger partial charge on any atom is 0.256 e. The number of rotatable bonds is 3. The van der Waals surface area contributed by atoms with E-state index in [4.69, 9.17) is 0 Å². The highest BCUT2D eigenvalue weighted by atomic mass is 127. The van der Waals surface area contributed by atoms with Crippen molar-refractivity contribution in [2.45, 2.75) is 6.92 Å². The van der Waals surface area contributed by atoms with Crippen LogP contribution in [-0.2, 0) is 0 Å². The molecule has 128 valence electrons. The van der Waals surface area contributed by atoms with Gasteiger partial charge in [0.15, 0.2) is 0 Å². The van der Waals surface area contributed by atoms with E-state index in [1.165, 1.54) is 0 Å². The molecule has 0 saturated heterocycles. The van der Waals surface area contributed by atoms with Crippen LogP contribution in [0.5, 0.6) is 0 Å². The number of aryl methyl sites for hydroxylation is 1. The van der Waals surface area contributed by atoms with E-state index in [9.17, 15) is 4.79 Å². The van der Waals surface area contributed by atoms with Gasteiger partial charge in [0.1, 0.15) is 11.0 Å². The van der Waals surface area contributed by atoms with Crippen LogP contribution in [0.4, 0.5) is 5.69 Å². The molecule has 1 N–H and O–H groups in total. The van der Waals surface area contributed by atoms with Crippen molar-refractivity contribution in [1.29, 1.82) is 0 Å². The second-order valence-electron chi connectivity index (χ2n) is 5.91. The number of hydrogen-bond acceptors (Lipinski definition) is 3. The Bertz CT molecular complexity index is 1110. The number of carbonyl (C=O) groups excluding carboxylic acids is 1. The van der Waals surface area contributed by atoms with Crippen LogP contribution in [0, 0.1) is 10.5 Å². The summed E-state index contributed by atoms with van der Waals surface area (Å²) in [5.41, 5.74) is 4.75. The van der Waals surface area contributed by atoms with Crippen molar-refractivity contribution in [3.05, 3.63) is 81.4 Å². The predicted octanol–water partition coefficient (Wildman–Crippen LogP) is 4.59. The Labute approximate surface area is 164 Å². The lowest BCUT2D eigenvalue weighted by atomic mass is 10.1. The third-order valence-corrected chi connectivity index (χ3v) is 5.02. The Morgan fingerprint density at radius 2 is 1.62 bits per heavy atom. The molecule has 0 fully saturated rings. The monoisotopic (exact) mass is 454 g/mol. The van der Waals surface area contributed by atoms with Gasteiger partial charge >= 0.3 is 0 Å². The first-order chi connectivity index (χ1) is 12.6. The zero-order valence-corrected chi connectivity index (χ0v) is 16.1. The first-order valence-corrected chi connectivity index (χ1v) is 9.19. The maximum absolute atomic E-state index is 12.6. The van der Waals surface area contributed by atoms with Crippen LogP contribution >= 0.6 is 22.6 Å². The second kappa shape index (κ2) is 6.87. The zero-order valence-electron chi connectivity index (χ0n) is 14.0. The Kier molecular flexibility index (Phi) is 4.42. The van der Waals surface area contributed by atoms with E-state index in [0.717, 1.165) is 31.5 Å². The van der Waals surface area contributed by atoms with Gasteiger partial charge < -0.3 is 5.32 Å². The van der Waals surface area contributed by atoms with E-state index < -0.39 is 0 Å². The molecule has 4 rings (SSSR count). The number of aromatic nitrogens is 3. The maximum atomic E-state index is 12.6. The lowest BCUT2D eigenvalue weighted by molar-refractivity contribution is 0.102. The molecule has 0 aliphatic rings. The van der Waals surface area contributed by atoms with Crippen molar-refractivity contribution in [3.8, 4) is 5.69 Å². The van der Waals surface area contributed by atoms with Crippen LogP contribution in [0.1, 0.15) is 15.9 Å². The lowest BCUT2D eigenvalue weighted by Crippen LogP contribution is -2.14. The summed E-state index contributed by atoms with van der Waals surface area (Å²) in [6.07, 6.45) is 0. The van der Waals surface area contributed by atoms with Crippen molar-refractivity contribution in [1.82, 2.24) is 15.0 Å². The number of hydrogen-bond donors (Lipinski definition) is 1. The Hall–Kier alpha value is -2.74. The van der Waals surface area contributed by atoms with Crippen molar-refractivity contribution in [2.75, 3.05) is 5.32 Å². The molecular formula is C20H15IN4O. The van der Waals surface area contributed by atoms with Gasteiger partial charge in [0.25, 0.3) is 5.91 Å². The van der Waals surface area contributed by atoms with E-state index in [2.05, 4.69) is 38.1 Å². The molecule has 1 amide bonds. The molecule has 0 saturated carbocycles. The molecule has 0 aliphatic heterocycles. The Balaban J connectivity index is 1.69. The number of amides is 1. The summed E-state index contributed by atoms with van der Waals surface area (Å²) in [4.78, 5) is 14.2. The van der Waals surface area contributed by atoms with Crippen LogP contribution in [0.2, 0.25) is 0 Å². The van der Waals surface area contributed by atoms with Gasteiger partial charge in [0.05, 0.1) is 11.3 Å². The van der Waals surface area contributed by atoms with Crippen molar-refractivity contribution < 1.29 is 4.79 Å². The number of para-hydroxylation sites is 1. The molecule has 3 aromatic carbocycles. The van der Waals surface area contributed by atoms with Gasteiger partial charge in [-0.25, -0.2) is 0 Å². The van der Waals surface area contributed by atoms with E-state index in [1.54, 1.807) is 4.80 Å². The smallest absolute Gasteiger partial charge is 0.256 e. The molecule has 4 aromatic rings. The molecule has 6 heteroatoms. The van der Waals surface area contributed by atoms with Gasteiger partial charge in [0.2, 0.25) is 0 Å². The first kappa shape index (κ1) is 16.7. The third kappa shape index (κ3) is 3.20. The van der Waals surface area contributed by atoms with Gasteiger partial charge in [-0.05, 0) is 71.5 Å². The highest BCUT2D eigenvalue weighted by molar-refractivity contribution is 14.1. The molecule has 0 aliphatic carbocycles. The van der Waals surface area contributed by atoms with E-state index in [1.807, 2.05) is 73.7 Å². The number of halogens is 1. The highest BCUT2D eigenvalue weighted by Gasteiger charge is 2.13. The van der Waals surface area contributed by atoms with Gasteiger partial charge in [0, 0.05) is 9.26 Å². The number of fused-ring (bicyclic) bond motifs is 1. The summed E-state index contributed by atoms with van der Waals surface area (Å²) < 4.78 is 0.913. The number of nitrogens with zero attached hydrogens (tertiary/aromatic N) is 3. The molecule has 1 heterocycles. The summed E-state index contributed by atoms with van der Waals surface area (Å²) in [5.74, 6) is -0.132. The van der Waals surface area contributed by atoms with E-state index in [-0.39, 0.29) is 5.91 Å². The molecule has 0 bridgehead atoms. The van der Waals surface area contributed by atoms with Crippen LogP contribution in [0.3, 0.4) is 0 Å². The summed E-state index contributed by atoms with van der Waals surface area (Å²) in [7, 11) is 0. The molecule has 0 unspecified atom stereocenters. The summed E-state index contributed by atoms with van der Waals surface area (Å²) in [6, 6.07) is 21.1. The minimum absolute atomic E-state index is 0.132. The Morgan fingerprint density at radius 3 is 2.35 bits per heavy atom. The standard InChI is InChI=1S/C20H15IN4O/c1-13-11-18-19(24-25(23-18)14-7-3-2-4-8-14)12-17(13)22-20(26)15-9-5-6-10-16(15)21/h2-12H,1H3,(H,22,26). The summed E-state index contributed by atoms with van der Waals surface area (Å²) in [6.45, 7) is 1.95. The number of anilines is 1. The molecule has 0 spiro atoms. The van der Waals surface area contributed by atoms with Gasteiger partial charge in [-0.1, -0.05) is 30.3 Å². The van der Waals surface area contributed by atoms with Crippen LogP contribution < -0.4 is 5.32 Å². The van der Waals surface area contributed by atoms with Gasteiger partial charge in [-0.3, -0.25) is 4.79 Å². The minimum Gasteiger partial charge on any atom is -0.322 e. The molecule has 5 nitrogen and oxygen atoms in total. The van der Waals surface area contributed by atoms with Crippen molar-refractivity contribution >= 4 is 45.2 Å². The molecule has 0 atom stereocenters. The van der Waals surface area contributed by atoms with Crippen LogP contribution in [0.15, 0.2) is 66.7 Å². The normalized spacial score (nSPS) is 10.8. The van der Waals surface area contributed by atoms with Gasteiger partial charge in [-0.15, -0.1) is 10.2 Å². The summed E-state index contributed by atoms with van der Waals surface area (Å²) >= 11 is 2.16. The molecule has 26 heavy (non-hydrogen) atoms. The number of benzene rings is 3. The highest BCUT2D eigenvalue weighted by Crippen LogP contribution is 2.23. The Morgan fingerprint density at radius 1 is 0.962 bits per heavy atom. The largest absolute Gasteiger partial charge is 0.322 e. The SMILES string of the molecule is Cc1cc2nn(-c3ccccc3)nc2cc1NC(=O)c1ccccc1I. The van der Waals surface area contributed by atoms with Crippen molar-refractivity contribution in [2.24, 2.45) is 0 Å². The summed E-state index contributed by atoms with van der Waals surface area (Å²) in [5, 5.41) is 12.1. The lowest BCUT2D eigenvalue weighted by Gasteiger charge is -2.09. The molecule has 1 aromatic heterocycles. The van der Waals surface area contributed by atoms with E-state index >= 15 is 0 Å². The average Bonchev–Trinajstić information content (AvgIpc) is 3.06. The average molecular weight is 454 g/mol. The molecule has 0 radical (unpaired) electrons. The quantitative estimate of drug-likeness (QED) is 0.461. The topological polar surface area (TPSA) is 59.8 Å². The number of nitrogens with one attached hydrogen (secondary N) is 1. The number of carbonyl (C=O) groups is 1. The van der Waals surface area contributed by atoms with Crippen LogP contribution in [0.25, 0.3) is 16.7 Å². The van der Waals surface area contributed by atoms with E-state index in [0.29, 0.717) is 5.56 Å². The fourth-order valence-corrected chi connectivity index (χ4v) is 3.35. The zero-order chi connectivity index (χ0) is 18.1. The molecular weight excluding hydrogens is 439 g/mol. The second-order valence-corrected chi connectivity index (χ2v) is 7.08.